The van der Waals surface area contributed by atoms with Crippen LogP contribution in [0.25, 0.3) is 0 Å². The monoisotopic (exact) mass is 334 g/mol. The van der Waals surface area contributed by atoms with E-state index in [2.05, 4.69) is 64.1 Å². The van der Waals surface area contributed by atoms with Gasteiger partial charge in [0.25, 0.3) is 0 Å². The van der Waals surface area contributed by atoms with E-state index in [0.717, 1.165) is 23.5 Å². The first-order valence-corrected chi connectivity index (χ1v) is 8.16. The van der Waals surface area contributed by atoms with Gasteiger partial charge in [-0.05, 0) is 49.9 Å². The van der Waals surface area contributed by atoms with E-state index >= 15 is 0 Å². The molecule has 3 heteroatoms. The molecular formula is C17H23BrN2. The standard InChI is InChI=1S/C17H23BrN2/c1-4-10-20(12-14-6-7-14)15-8-9-16(17(18)11-15)13(3)19-5-2/h1,8-9,11,13-14,19H,5-7,10,12H2,2-3H3. The number of rotatable bonds is 7. The minimum Gasteiger partial charge on any atom is -0.360 e. The summed E-state index contributed by atoms with van der Waals surface area (Å²) in [6.45, 7) is 7.06. The molecule has 1 fully saturated rings. The first-order valence-electron chi connectivity index (χ1n) is 7.37. The molecule has 108 valence electrons. The molecule has 20 heavy (non-hydrogen) atoms. The Morgan fingerprint density at radius 1 is 1.50 bits per heavy atom. The predicted molar refractivity (Wildman–Crippen MR) is 90.0 cm³/mol. The van der Waals surface area contributed by atoms with E-state index in [9.17, 15) is 0 Å². The molecule has 1 unspecified atom stereocenters. The lowest BCUT2D eigenvalue weighted by Crippen LogP contribution is -2.26. The Balaban J connectivity index is 2.15. The fourth-order valence-corrected chi connectivity index (χ4v) is 3.17. The van der Waals surface area contributed by atoms with Crippen LogP contribution in [0.2, 0.25) is 0 Å². The predicted octanol–water partition coefficient (Wildman–Crippen LogP) is 3.97. The molecule has 0 bridgehead atoms. The van der Waals surface area contributed by atoms with E-state index in [0.29, 0.717) is 12.6 Å². The van der Waals surface area contributed by atoms with Gasteiger partial charge in [-0.1, -0.05) is 34.8 Å². The Morgan fingerprint density at radius 3 is 2.80 bits per heavy atom. The van der Waals surface area contributed by atoms with Crippen molar-refractivity contribution < 1.29 is 0 Å². The molecule has 0 heterocycles. The first kappa shape index (κ1) is 15.4. The lowest BCUT2D eigenvalue weighted by atomic mass is 10.1. The minimum absolute atomic E-state index is 0.355. The highest BCUT2D eigenvalue weighted by atomic mass is 79.9. The lowest BCUT2D eigenvalue weighted by Gasteiger charge is -2.24. The van der Waals surface area contributed by atoms with E-state index in [1.165, 1.54) is 24.1 Å². The molecule has 1 aromatic rings. The number of hydrogen-bond acceptors (Lipinski definition) is 2. The fraction of sp³-hybridized carbons (Fsp3) is 0.529. The van der Waals surface area contributed by atoms with Crippen molar-refractivity contribution in [1.82, 2.24) is 5.32 Å². The quantitative estimate of drug-likeness (QED) is 0.759. The zero-order chi connectivity index (χ0) is 14.5. The van der Waals surface area contributed by atoms with E-state index in [4.69, 9.17) is 6.42 Å². The third-order valence-electron chi connectivity index (χ3n) is 3.78. The van der Waals surface area contributed by atoms with Gasteiger partial charge in [0.1, 0.15) is 0 Å². The number of nitrogens with one attached hydrogen (secondary N) is 1. The van der Waals surface area contributed by atoms with Crippen molar-refractivity contribution in [3.05, 3.63) is 28.2 Å². The fourth-order valence-electron chi connectivity index (χ4n) is 2.46. The van der Waals surface area contributed by atoms with Crippen LogP contribution in [0.5, 0.6) is 0 Å². The van der Waals surface area contributed by atoms with Gasteiger partial charge in [-0.25, -0.2) is 0 Å². The van der Waals surface area contributed by atoms with Gasteiger partial charge in [0.05, 0.1) is 6.54 Å². The highest BCUT2D eigenvalue weighted by Gasteiger charge is 2.24. The maximum Gasteiger partial charge on any atom is 0.0791 e. The number of hydrogen-bond donors (Lipinski definition) is 1. The normalized spacial score (nSPS) is 15.7. The molecule has 2 nitrogen and oxygen atoms in total. The molecule has 0 radical (unpaired) electrons. The Bertz CT molecular complexity index is 488. The van der Waals surface area contributed by atoms with Crippen LogP contribution in [0.15, 0.2) is 22.7 Å². The average Bonchev–Trinajstić information content (AvgIpc) is 3.22. The van der Waals surface area contributed by atoms with Crippen molar-refractivity contribution in [3.8, 4) is 12.3 Å². The summed E-state index contributed by atoms with van der Waals surface area (Å²) >= 11 is 3.70. The second-order valence-electron chi connectivity index (χ2n) is 5.51. The van der Waals surface area contributed by atoms with E-state index in [-0.39, 0.29) is 0 Å². The molecule has 0 aliphatic heterocycles. The van der Waals surface area contributed by atoms with Gasteiger partial charge in [-0.15, -0.1) is 6.42 Å². The maximum atomic E-state index is 5.51. The second kappa shape index (κ2) is 7.15. The summed E-state index contributed by atoms with van der Waals surface area (Å²) in [6, 6.07) is 6.94. The third-order valence-corrected chi connectivity index (χ3v) is 4.47. The number of terminal acetylenes is 1. The van der Waals surface area contributed by atoms with Crippen LogP contribution < -0.4 is 10.2 Å². The Hall–Kier alpha value is -0.980. The van der Waals surface area contributed by atoms with Crippen LogP contribution in [-0.4, -0.2) is 19.6 Å². The van der Waals surface area contributed by atoms with Crippen molar-refractivity contribution in [2.45, 2.75) is 32.7 Å². The zero-order valence-electron chi connectivity index (χ0n) is 12.3. The molecule has 0 spiro atoms. The number of halogens is 1. The van der Waals surface area contributed by atoms with Crippen LogP contribution in [0.3, 0.4) is 0 Å². The third kappa shape index (κ3) is 4.01. The van der Waals surface area contributed by atoms with E-state index in [1.54, 1.807) is 0 Å². The molecular weight excluding hydrogens is 312 g/mol. The molecule has 1 atom stereocenters. The van der Waals surface area contributed by atoms with Crippen molar-refractivity contribution in [1.29, 1.82) is 0 Å². The summed E-state index contributed by atoms with van der Waals surface area (Å²) < 4.78 is 1.15. The van der Waals surface area contributed by atoms with Gasteiger partial charge in [0.15, 0.2) is 0 Å². The largest absolute Gasteiger partial charge is 0.360 e. The van der Waals surface area contributed by atoms with Crippen LogP contribution >= 0.6 is 15.9 Å². The summed E-state index contributed by atoms with van der Waals surface area (Å²) in [5.41, 5.74) is 2.51. The molecule has 1 N–H and O–H groups in total. The van der Waals surface area contributed by atoms with Crippen molar-refractivity contribution >= 4 is 21.6 Å². The van der Waals surface area contributed by atoms with Crippen molar-refractivity contribution in [3.63, 3.8) is 0 Å². The molecule has 1 saturated carbocycles. The minimum atomic E-state index is 0.355. The van der Waals surface area contributed by atoms with E-state index in [1.807, 2.05) is 0 Å². The Kier molecular flexibility index (Phi) is 5.51. The summed E-state index contributed by atoms with van der Waals surface area (Å²) in [4.78, 5) is 2.31. The van der Waals surface area contributed by atoms with Gasteiger partial charge < -0.3 is 10.2 Å². The lowest BCUT2D eigenvalue weighted by molar-refractivity contribution is 0.596. The van der Waals surface area contributed by atoms with Crippen molar-refractivity contribution in [2.24, 2.45) is 5.92 Å². The smallest absolute Gasteiger partial charge is 0.0791 e. The molecule has 0 amide bonds. The second-order valence-corrected chi connectivity index (χ2v) is 6.37. The SMILES string of the molecule is C#CCN(CC1CC1)c1ccc(C(C)NCC)c(Br)c1. The van der Waals surface area contributed by atoms with Crippen molar-refractivity contribution in [2.75, 3.05) is 24.5 Å². The number of nitrogens with zero attached hydrogens (tertiary/aromatic N) is 1. The maximum absolute atomic E-state index is 5.51. The zero-order valence-corrected chi connectivity index (χ0v) is 13.9. The van der Waals surface area contributed by atoms with Crippen LogP contribution in [0, 0.1) is 18.3 Å². The summed E-state index contributed by atoms with van der Waals surface area (Å²) in [7, 11) is 0. The average molecular weight is 335 g/mol. The molecule has 1 aliphatic rings. The molecule has 0 aromatic heterocycles. The first-order chi connectivity index (χ1) is 9.65. The Labute approximate surface area is 131 Å². The van der Waals surface area contributed by atoms with Gasteiger partial charge in [0, 0.05) is 22.7 Å². The van der Waals surface area contributed by atoms with Crippen LogP contribution in [0.4, 0.5) is 5.69 Å². The number of anilines is 1. The topological polar surface area (TPSA) is 15.3 Å². The van der Waals surface area contributed by atoms with E-state index < -0.39 is 0 Å². The molecule has 0 saturated heterocycles. The van der Waals surface area contributed by atoms with Gasteiger partial charge >= 0.3 is 0 Å². The molecule has 1 aliphatic carbocycles. The summed E-state index contributed by atoms with van der Waals surface area (Å²) in [6.07, 6.45) is 8.20. The van der Waals surface area contributed by atoms with Crippen LogP contribution in [0.1, 0.15) is 38.3 Å². The Morgan fingerprint density at radius 2 is 2.25 bits per heavy atom. The number of benzene rings is 1. The van der Waals surface area contributed by atoms with Gasteiger partial charge in [-0.2, -0.15) is 0 Å². The highest BCUT2D eigenvalue weighted by Crippen LogP contribution is 2.33. The summed E-state index contributed by atoms with van der Waals surface area (Å²) in [5, 5.41) is 3.44. The van der Waals surface area contributed by atoms with Crippen LogP contribution in [-0.2, 0) is 0 Å². The summed E-state index contributed by atoms with van der Waals surface area (Å²) in [5.74, 6) is 3.61. The molecule has 2 rings (SSSR count). The molecule has 1 aromatic carbocycles. The van der Waals surface area contributed by atoms with Gasteiger partial charge in [-0.3, -0.25) is 0 Å². The van der Waals surface area contributed by atoms with Gasteiger partial charge in [0.2, 0.25) is 0 Å². The highest BCUT2D eigenvalue weighted by molar-refractivity contribution is 9.10.